The summed E-state index contributed by atoms with van der Waals surface area (Å²) < 4.78 is 19.0. The van der Waals surface area contributed by atoms with E-state index in [4.69, 9.17) is 4.74 Å². The van der Waals surface area contributed by atoms with E-state index >= 15 is 0 Å². The van der Waals surface area contributed by atoms with Crippen LogP contribution in [0.25, 0.3) is 16.6 Å². The van der Waals surface area contributed by atoms with Crippen LogP contribution in [0, 0.1) is 11.7 Å². The smallest absolute Gasteiger partial charge is 0.254 e. The largest absolute Gasteiger partial charge is 0.494 e. The lowest BCUT2D eigenvalue weighted by Crippen LogP contribution is -2.38. The molecule has 1 aliphatic carbocycles. The van der Waals surface area contributed by atoms with Crippen molar-refractivity contribution in [3.8, 4) is 5.75 Å². The Kier molecular flexibility index (Phi) is 5.36. The molecule has 170 valence electrons. The molecule has 1 unspecified atom stereocenters. The normalized spacial score (nSPS) is 18.2. The number of fused-ring (bicyclic) bond motifs is 1. The molecular weight excluding hydrogens is 423 g/mol. The predicted octanol–water partition coefficient (Wildman–Crippen LogP) is 4.01. The number of anilines is 1. The van der Waals surface area contributed by atoms with Gasteiger partial charge in [-0.05, 0) is 60.2 Å². The van der Waals surface area contributed by atoms with E-state index in [1.807, 2.05) is 24.4 Å². The number of aromatic amines is 1. The number of aromatic nitrogens is 2. The fraction of sp³-hybridized carbons (Fsp3) is 0.320. The number of methoxy groups -OCH3 is 1. The van der Waals surface area contributed by atoms with Crippen LogP contribution in [0.1, 0.15) is 35.7 Å². The van der Waals surface area contributed by atoms with Crippen molar-refractivity contribution in [3.05, 3.63) is 59.5 Å². The summed E-state index contributed by atoms with van der Waals surface area (Å²) in [4.78, 5) is 36.0. The van der Waals surface area contributed by atoms with Crippen molar-refractivity contribution in [2.75, 3.05) is 25.1 Å². The molecule has 1 aliphatic heterocycles. The lowest BCUT2D eigenvalue weighted by atomic mass is 9.89. The van der Waals surface area contributed by atoms with E-state index < -0.39 is 5.82 Å². The maximum absolute atomic E-state index is 14.1. The molecule has 2 aromatic heterocycles. The molecule has 33 heavy (non-hydrogen) atoms. The number of hydrogen-bond acceptors (Lipinski definition) is 4. The fourth-order valence-electron chi connectivity index (χ4n) is 4.51. The van der Waals surface area contributed by atoms with Gasteiger partial charge in [0.15, 0.2) is 11.6 Å². The molecule has 1 fully saturated rings. The zero-order valence-electron chi connectivity index (χ0n) is 18.5. The minimum atomic E-state index is -0.556. The van der Waals surface area contributed by atoms with Crippen LogP contribution in [0.4, 0.5) is 10.2 Å². The van der Waals surface area contributed by atoms with Gasteiger partial charge in [-0.2, -0.15) is 0 Å². The lowest BCUT2D eigenvalue weighted by molar-refractivity contribution is -0.107. The Morgan fingerprint density at radius 2 is 2.12 bits per heavy atom. The van der Waals surface area contributed by atoms with Gasteiger partial charge in [0, 0.05) is 36.3 Å². The van der Waals surface area contributed by atoms with E-state index in [0.29, 0.717) is 24.5 Å². The number of pyridine rings is 1. The Morgan fingerprint density at radius 1 is 1.30 bits per heavy atom. The number of carbonyl (C=O) groups is 2. The van der Waals surface area contributed by atoms with E-state index in [-0.39, 0.29) is 23.6 Å². The zero-order chi connectivity index (χ0) is 23.1. The first-order valence-corrected chi connectivity index (χ1v) is 11.0. The van der Waals surface area contributed by atoms with Gasteiger partial charge in [-0.3, -0.25) is 14.5 Å². The minimum absolute atomic E-state index is 0.0461. The Hall–Kier alpha value is -3.68. The molecule has 3 heterocycles. The van der Waals surface area contributed by atoms with Crippen molar-refractivity contribution < 1.29 is 18.7 Å². The number of carbonyl (C=O) groups excluding carboxylic acids is 2. The maximum atomic E-state index is 14.1. The summed E-state index contributed by atoms with van der Waals surface area (Å²) in [5.41, 5.74) is 3.15. The minimum Gasteiger partial charge on any atom is -0.494 e. The van der Waals surface area contributed by atoms with Crippen LogP contribution in [0.5, 0.6) is 5.75 Å². The summed E-state index contributed by atoms with van der Waals surface area (Å²) in [5, 5.41) is 0.982. The number of nitrogens with one attached hydrogen (secondary N) is 1. The number of H-pyrrole nitrogens is 1. The van der Waals surface area contributed by atoms with Crippen LogP contribution in [-0.2, 0) is 4.79 Å². The van der Waals surface area contributed by atoms with E-state index in [0.717, 1.165) is 41.4 Å². The average Bonchev–Trinajstić information content (AvgIpc) is 3.54. The highest BCUT2D eigenvalue weighted by atomic mass is 19.1. The van der Waals surface area contributed by atoms with E-state index in [1.54, 1.807) is 15.9 Å². The first-order valence-electron chi connectivity index (χ1n) is 11.0. The van der Waals surface area contributed by atoms with Crippen LogP contribution >= 0.6 is 0 Å². The summed E-state index contributed by atoms with van der Waals surface area (Å²) in [5.74, 6) is 0.0174. The highest BCUT2D eigenvalue weighted by Gasteiger charge is 2.31. The van der Waals surface area contributed by atoms with Gasteiger partial charge in [-0.25, -0.2) is 9.37 Å². The molecule has 1 saturated carbocycles. The second kappa shape index (κ2) is 8.35. The molecule has 0 radical (unpaired) electrons. The van der Waals surface area contributed by atoms with E-state index in [1.165, 1.54) is 19.2 Å². The van der Waals surface area contributed by atoms with Gasteiger partial charge in [0.2, 0.25) is 6.41 Å². The van der Waals surface area contributed by atoms with Crippen molar-refractivity contribution in [3.63, 3.8) is 0 Å². The first-order chi connectivity index (χ1) is 16.0. The molecule has 1 aromatic carbocycles. The molecule has 0 saturated heterocycles. The molecule has 2 amide bonds. The number of amides is 2. The number of halogens is 1. The lowest BCUT2D eigenvalue weighted by Gasteiger charge is -2.32. The molecule has 2 aliphatic rings. The molecule has 3 aromatic rings. The molecule has 1 atom stereocenters. The summed E-state index contributed by atoms with van der Waals surface area (Å²) in [6.07, 6.45) is 6.71. The van der Waals surface area contributed by atoms with E-state index in [9.17, 15) is 14.0 Å². The predicted molar refractivity (Wildman–Crippen MR) is 124 cm³/mol. The summed E-state index contributed by atoms with van der Waals surface area (Å²) >= 11 is 0. The third-order valence-electron chi connectivity index (χ3n) is 6.39. The first kappa shape index (κ1) is 21.2. The van der Waals surface area contributed by atoms with Gasteiger partial charge in [0.1, 0.15) is 11.5 Å². The Balaban J connectivity index is 1.45. The van der Waals surface area contributed by atoms with Crippen LogP contribution in [0.3, 0.4) is 0 Å². The Bertz CT molecular complexity index is 1260. The molecular formula is C25H25FN4O3. The molecule has 1 N–H and O–H groups in total. The van der Waals surface area contributed by atoms with Crippen molar-refractivity contribution in [1.29, 1.82) is 0 Å². The molecule has 0 bridgehead atoms. The second-order valence-electron chi connectivity index (χ2n) is 8.63. The summed E-state index contributed by atoms with van der Waals surface area (Å²) in [6, 6.07) is 8.44. The second-order valence-corrected chi connectivity index (χ2v) is 8.63. The van der Waals surface area contributed by atoms with Gasteiger partial charge in [-0.15, -0.1) is 0 Å². The van der Waals surface area contributed by atoms with Gasteiger partial charge in [0.05, 0.1) is 7.11 Å². The molecule has 5 rings (SSSR count). The SMILES string of the molecule is COc1ccc(C(=O)N2CC=C(c3cc(N(C=O)C4CC4)nc4[nH]ccc34)C(C)C2)cc1F. The average molecular weight is 448 g/mol. The number of nitrogens with zero attached hydrogens (tertiary/aromatic N) is 3. The molecule has 8 heteroatoms. The van der Waals surface area contributed by atoms with Gasteiger partial charge >= 0.3 is 0 Å². The van der Waals surface area contributed by atoms with Crippen molar-refractivity contribution in [1.82, 2.24) is 14.9 Å². The fourth-order valence-corrected chi connectivity index (χ4v) is 4.51. The van der Waals surface area contributed by atoms with Crippen LogP contribution in [0.15, 0.2) is 42.6 Å². The topological polar surface area (TPSA) is 78.5 Å². The van der Waals surface area contributed by atoms with Crippen molar-refractivity contribution in [2.45, 2.75) is 25.8 Å². The quantitative estimate of drug-likeness (QED) is 0.578. The Morgan fingerprint density at radius 3 is 2.79 bits per heavy atom. The third-order valence-corrected chi connectivity index (χ3v) is 6.39. The van der Waals surface area contributed by atoms with Crippen molar-refractivity contribution >= 4 is 34.7 Å². The number of ether oxygens (including phenoxy) is 1. The third kappa shape index (κ3) is 3.86. The Labute approximate surface area is 190 Å². The van der Waals surface area contributed by atoms with Crippen LogP contribution in [-0.4, -0.2) is 53.4 Å². The van der Waals surface area contributed by atoms with Crippen molar-refractivity contribution in [2.24, 2.45) is 5.92 Å². The molecule has 7 nitrogen and oxygen atoms in total. The van der Waals surface area contributed by atoms with Crippen LogP contribution in [0.2, 0.25) is 0 Å². The monoisotopic (exact) mass is 448 g/mol. The van der Waals surface area contributed by atoms with Gasteiger partial charge in [0.25, 0.3) is 5.91 Å². The highest BCUT2D eigenvalue weighted by molar-refractivity contribution is 5.97. The number of hydrogen-bond donors (Lipinski definition) is 1. The standard InChI is InChI=1S/C25H25FN4O3/c1-15-13-29(25(32)16-3-6-22(33-2)21(26)11-16)10-8-18(15)20-12-23(30(14-31)17-4-5-17)28-24-19(20)7-9-27-24/h3,6-9,11-12,14-15,17H,4-5,10,13H2,1-2H3,(H,27,28). The van der Waals surface area contributed by atoms with Gasteiger partial charge in [-0.1, -0.05) is 13.0 Å². The summed E-state index contributed by atoms with van der Waals surface area (Å²) in [7, 11) is 1.39. The summed E-state index contributed by atoms with van der Waals surface area (Å²) in [6.45, 7) is 2.98. The number of benzene rings is 1. The maximum Gasteiger partial charge on any atom is 0.254 e. The van der Waals surface area contributed by atoms with Crippen LogP contribution < -0.4 is 9.64 Å². The van der Waals surface area contributed by atoms with Gasteiger partial charge < -0.3 is 14.6 Å². The van der Waals surface area contributed by atoms with E-state index in [2.05, 4.69) is 16.9 Å². The number of rotatable bonds is 6. The highest BCUT2D eigenvalue weighted by Crippen LogP contribution is 2.37. The zero-order valence-corrected chi connectivity index (χ0v) is 18.5. The molecule has 0 spiro atoms.